The zero-order valence-corrected chi connectivity index (χ0v) is 21.6. The molecule has 0 bridgehead atoms. The number of rotatable bonds is 6. The van der Waals surface area contributed by atoms with Crippen molar-refractivity contribution in [3.8, 4) is 11.4 Å². The zero-order valence-electron chi connectivity index (χ0n) is 21.6. The minimum absolute atomic E-state index is 0.312. The van der Waals surface area contributed by atoms with Crippen molar-refractivity contribution in [1.29, 1.82) is 0 Å². The van der Waals surface area contributed by atoms with Crippen molar-refractivity contribution in [3.63, 3.8) is 0 Å². The van der Waals surface area contributed by atoms with Crippen molar-refractivity contribution in [1.82, 2.24) is 24.8 Å². The van der Waals surface area contributed by atoms with Gasteiger partial charge in [0.2, 0.25) is 0 Å². The molecule has 3 fully saturated rings. The Hall–Kier alpha value is -3.82. The van der Waals surface area contributed by atoms with Crippen LogP contribution < -0.4 is 15.1 Å². The summed E-state index contributed by atoms with van der Waals surface area (Å²) in [5.74, 6) is 2.81. The summed E-state index contributed by atoms with van der Waals surface area (Å²) in [6.07, 6.45) is 7.64. The number of benzene rings is 1. The van der Waals surface area contributed by atoms with Crippen LogP contribution in [0.3, 0.4) is 0 Å². The molecule has 9 nitrogen and oxygen atoms in total. The number of anilines is 4. The van der Waals surface area contributed by atoms with E-state index in [-0.39, 0.29) is 6.10 Å². The Kier molecular flexibility index (Phi) is 5.82. The molecule has 194 valence electrons. The van der Waals surface area contributed by atoms with Gasteiger partial charge in [-0.05, 0) is 61.7 Å². The Morgan fingerprint density at radius 1 is 0.947 bits per heavy atom. The molecule has 3 aliphatic rings. The molecule has 0 amide bonds. The van der Waals surface area contributed by atoms with Gasteiger partial charge in [-0.3, -0.25) is 4.98 Å². The van der Waals surface area contributed by atoms with Crippen LogP contribution in [-0.2, 0) is 0 Å². The third-order valence-corrected chi connectivity index (χ3v) is 7.80. The van der Waals surface area contributed by atoms with Crippen molar-refractivity contribution < 1.29 is 5.11 Å². The molecule has 4 aromatic rings. The van der Waals surface area contributed by atoms with Crippen molar-refractivity contribution in [2.45, 2.75) is 24.9 Å². The summed E-state index contributed by atoms with van der Waals surface area (Å²) in [4.78, 5) is 26.0. The molecule has 7 rings (SSSR count). The minimum Gasteiger partial charge on any atom is -0.389 e. The molecule has 2 saturated heterocycles. The van der Waals surface area contributed by atoms with E-state index in [4.69, 9.17) is 9.97 Å². The molecule has 1 saturated carbocycles. The van der Waals surface area contributed by atoms with Gasteiger partial charge in [0.25, 0.3) is 0 Å². The van der Waals surface area contributed by atoms with Crippen molar-refractivity contribution in [2.24, 2.45) is 0 Å². The van der Waals surface area contributed by atoms with E-state index in [0.29, 0.717) is 24.8 Å². The predicted octanol–water partition coefficient (Wildman–Crippen LogP) is 3.64. The van der Waals surface area contributed by atoms with Gasteiger partial charge >= 0.3 is 0 Å². The van der Waals surface area contributed by atoms with Crippen LogP contribution >= 0.6 is 0 Å². The highest BCUT2D eigenvalue weighted by Crippen LogP contribution is 2.45. The molecule has 9 heteroatoms. The molecule has 2 aliphatic heterocycles. The largest absolute Gasteiger partial charge is 0.389 e. The molecule has 1 aliphatic carbocycles. The molecule has 5 heterocycles. The third kappa shape index (κ3) is 4.52. The fraction of sp³-hybridized carbons (Fsp3) is 0.379. The molecule has 3 aromatic heterocycles. The number of hydrogen-bond acceptors (Lipinski definition) is 9. The van der Waals surface area contributed by atoms with Crippen molar-refractivity contribution >= 4 is 33.9 Å². The van der Waals surface area contributed by atoms with Crippen LogP contribution in [0.15, 0.2) is 55.0 Å². The molecule has 1 aromatic carbocycles. The standard InChI is InChI=1S/C29H32N8O/c1-35-9-11-36(12-10-35)22-4-2-3-21(14-22)32-26-13-20(7-8-31-26)28-33-25-16-30-15-24(19-5-6-19)27(25)29(34-28)37-17-23(38)18-37/h2-4,7-8,13-16,19,23,38H,5-6,9-12,17-18H2,1H3,(H,31,32). The summed E-state index contributed by atoms with van der Waals surface area (Å²) in [7, 11) is 2.17. The van der Waals surface area contributed by atoms with Gasteiger partial charge in [0, 0.05) is 74.0 Å². The summed E-state index contributed by atoms with van der Waals surface area (Å²) in [6.45, 7) is 5.38. The lowest BCUT2D eigenvalue weighted by Crippen LogP contribution is -2.51. The van der Waals surface area contributed by atoms with Crippen LogP contribution in [0.4, 0.5) is 23.0 Å². The molecular formula is C29H32N8O. The maximum Gasteiger partial charge on any atom is 0.162 e. The van der Waals surface area contributed by atoms with Gasteiger partial charge in [-0.2, -0.15) is 0 Å². The summed E-state index contributed by atoms with van der Waals surface area (Å²) >= 11 is 0. The number of aromatic nitrogens is 4. The number of piperazine rings is 1. The highest BCUT2D eigenvalue weighted by molar-refractivity contribution is 5.94. The molecule has 2 N–H and O–H groups in total. The topological polar surface area (TPSA) is 93.5 Å². The number of β-amino-alcohol motifs (C(OH)–C–C–N with tert-alkyl or cyclic N) is 1. The summed E-state index contributed by atoms with van der Waals surface area (Å²) in [6, 6.07) is 12.5. The number of pyridine rings is 2. The number of fused-ring (bicyclic) bond motifs is 1. The number of nitrogens with one attached hydrogen (secondary N) is 1. The van der Waals surface area contributed by atoms with E-state index in [0.717, 1.165) is 60.0 Å². The van der Waals surface area contributed by atoms with Crippen molar-refractivity contribution in [3.05, 3.63) is 60.6 Å². The SMILES string of the molecule is CN1CCN(c2cccc(Nc3cc(-c4nc(N5CC(O)C5)c5c(C6CC6)cncc5n4)ccn3)c2)CC1. The van der Waals surface area contributed by atoms with Gasteiger partial charge < -0.3 is 25.1 Å². The van der Waals surface area contributed by atoms with E-state index in [2.05, 4.69) is 61.3 Å². The average Bonchev–Trinajstić information content (AvgIpc) is 3.77. The maximum absolute atomic E-state index is 10.0. The smallest absolute Gasteiger partial charge is 0.162 e. The molecule has 38 heavy (non-hydrogen) atoms. The molecule has 0 spiro atoms. The van der Waals surface area contributed by atoms with E-state index in [1.807, 2.05) is 24.5 Å². The van der Waals surface area contributed by atoms with Crippen LogP contribution in [0.2, 0.25) is 0 Å². The second-order valence-corrected chi connectivity index (χ2v) is 10.7. The fourth-order valence-electron chi connectivity index (χ4n) is 5.41. The van der Waals surface area contributed by atoms with E-state index < -0.39 is 0 Å². The van der Waals surface area contributed by atoms with Crippen LogP contribution in [0.5, 0.6) is 0 Å². The average molecular weight is 509 g/mol. The lowest BCUT2D eigenvalue weighted by atomic mass is 10.0. The van der Waals surface area contributed by atoms with E-state index in [9.17, 15) is 5.11 Å². The molecule has 0 radical (unpaired) electrons. The summed E-state index contributed by atoms with van der Waals surface area (Å²) < 4.78 is 0. The molecule has 0 unspecified atom stereocenters. The van der Waals surface area contributed by atoms with Crippen molar-refractivity contribution in [2.75, 3.05) is 61.4 Å². The van der Waals surface area contributed by atoms with Gasteiger partial charge in [-0.1, -0.05) is 6.07 Å². The van der Waals surface area contributed by atoms with E-state index in [1.54, 1.807) is 6.20 Å². The maximum atomic E-state index is 10.0. The van der Waals surface area contributed by atoms with E-state index >= 15 is 0 Å². The fourth-order valence-corrected chi connectivity index (χ4v) is 5.41. The predicted molar refractivity (Wildman–Crippen MR) is 150 cm³/mol. The van der Waals surface area contributed by atoms with Crippen LogP contribution in [0.25, 0.3) is 22.3 Å². The van der Waals surface area contributed by atoms with Gasteiger partial charge in [-0.15, -0.1) is 0 Å². The minimum atomic E-state index is -0.312. The van der Waals surface area contributed by atoms with Crippen LogP contribution in [0, 0.1) is 0 Å². The Morgan fingerprint density at radius 3 is 2.58 bits per heavy atom. The monoisotopic (exact) mass is 508 g/mol. The first-order valence-corrected chi connectivity index (χ1v) is 13.5. The summed E-state index contributed by atoms with van der Waals surface area (Å²) in [5, 5.41) is 14.6. The number of nitrogens with zero attached hydrogens (tertiary/aromatic N) is 7. The van der Waals surface area contributed by atoms with E-state index in [1.165, 1.54) is 24.1 Å². The second-order valence-electron chi connectivity index (χ2n) is 10.7. The lowest BCUT2D eigenvalue weighted by molar-refractivity contribution is 0.141. The Balaban J connectivity index is 1.20. The Bertz CT molecular complexity index is 1470. The van der Waals surface area contributed by atoms with Gasteiger partial charge in [-0.25, -0.2) is 15.0 Å². The molecule has 0 atom stereocenters. The van der Waals surface area contributed by atoms with Gasteiger partial charge in [0.05, 0.1) is 17.8 Å². The Labute approximate surface area is 222 Å². The number of likely N-dealkylation sites (N-methyl/N-ethyl adjacent to an activating group) is 1. The lowest BCUT2D eigenvalue weighted by Gasteiger charge is -2.37. The second kappa shape index (κ2) is 9.49. The van der Waals surface area contributed by atoms with Crippen LogP contribution in [0.1, 0.15) is 24.3 Å². The first kappa shape index (κ1) is 23.3. The number of aliphatic hydroxyl groups is 1. The van der Waals surface area contributed by atoms with Gasteiger partial charge in [0.15, 0.2) is 5.82 Å². The number of aliphatic hydroxyl groups excluding tert-OH is 1. The summed E-state index contributed by atoms with van der Waals surface area (Å²) in [5.41, 5.74) is 5.18. The third-order valence-electron chi connectivity index (χ3n) is 7.80. The first-order chi connectivity index (χ1) is 18.6. The van der Waals surface area contributed by atoms with Crippen LogP contribution in [-0.4, -0.2) is 82.4 Å². The number of hydrogen-bond donors (Lipinski definition) is 2. The van der Waals surface area contributed by atoms with Gasteiger partial charge in [0.1, 0.15) is 11.6 Å². The quantitative estimate of drug-likeness (QED) is 0.405. The highest BCUT2D eigenvalue weighted by atomic mass is 16.3. The highest BCUT2D eigenvalue weighted by Gasteiger charge is 2.32. The zero-order chi connectivity index (χ0) is 25.6. The first-order valence-electron chi connectivity index (χ1n) is 13.5. The Morgan fingerprint density at radius 2 is 1.79 bits per heavy atom. The normalized spacial score (nSPS) is 18.6. The molecular weight excluding hydrogens is 476 g/mol.